The lowest BCUT2D eigenvalue weighted by Crippen LogP contribution is -2.60. The van der Waals surface area contributed by atoms with E-state index >= 15 is 0 Å². The first-order chi connectivity index (χ1) is 9.25. The highest BCUT2D eigenvalue weighted by Gasteiger charge is 2.51. The third-order valence-electron chi connectivity index (χ3n) is 4.97. The zero-order valence-corrected chi connectivity index (χ0v) is 11.2. The van der Waals surface area contributed by atoms with E-state index in [4.69, 9.17) is 5.10 Å². The van der Waals surface area contributed by atoms with Crippen molar-refractivity contribution >= 4 is 11.6 Å². The second-order valence-corrected chi connectivity index (χ2v) is 5.98. The minimum Gasteiger partial charge on any atom is -0.293 e. The summed E-state index contributed by atoms with van der Waals surface area (Å²) in [6, 6.07) is 0.527. The molecule has 2 bridgehead atoms. The number of hydrogen-bond donors (Lipinski definition) is 0. The third kappa shape index (κ3) is 1.56. The molecule has 4 nitrogen and oxygen atoms in total. The number of rotatable bonds is 1. The van der Waals surface area contributed by atoms with Crippen molar-refractivity contribution < 1.29 is 4.79 Å². The molecule has 0 aromatic heterocycles. The van der Waals surface area contributed by atoms with Crippen molar-refractivity contribution in [2.45, 2.75) is 31.8 Å². The monoisotopic (exact) mass is 257 g/mol. The van der Waals surface area contributed by atoms with Gasteiger partial charge in [0.05, 0.1) is 17.8 Å². The first-order valence-corrected chi connectivity index (χ1v) is 7.23. The van der Waals surface area contributed by atoms with Gasteiger partial charge in [0.15, 0.2) is 0 Å². The first-order valence-electron chi connectivity index (χ1n) is 7.23. The van der Waals surface area contributed by atoms with Crippen LogP contribution in [0.5, 0.6) is 0 Å². The highest BCUT2D eigenvalue weighted by atomic mass is 16.2. The van der Waals surface area contributed by atoms with E-state index < -0.39 is 0 Å². The van der Waals surface area contributed by atoms with Crippen LogP contribution in [-0.4, -0.2) is 46.7 Å². The van der Waals surface area contributed by atoms with Crippen molar-refractivity contribution in [2.75, 3.05) is 13.1 Å². The van der Waals surface area contributed by atoms with Crippen LogP contribution in [0.3, 0.4) is 0 Å². The summed E-state index contributed by atoms with van der Waals surface area (Å²) in [5.74, 6) is 0.993. The van der Waals surface area contributed by atoms with E-state index in [1.54, 1.807) is 11.9 Å². The maximum absolute atomic E-state index is 11.9. The quantitative estimate of drug-likeness (QED) is 0.712. The number of fused-ring (bicyclic) bond motifs is 2. The zero-order valence-electron chi connectivity index (χ0n) is 11.2. The molecule has 0 spiro atoms. The van der Waals surface area contributed by atoms with Gasteiger partial charge in [0, 0.05) is 18.8 Å². The molecule has 100 valence electrons. The van der Waals surface area contributed by atoms with Crippen LogP contribution in [0.1, 0.15) is 19.8 Å². The highest BCUT2D eigenvalue weighted by molar-refractivity contribution is 5.97. The van der Waals surface area contributed by atoms with Crippen LogP contribution in [0.4, 0.5) is 0 Å². The molecule has 2 atom stereocenters. The van der Waals surface area contributed by atoms with Crippen molar-refractivity contribution in [1.29, 1.82) is 0 Å². The van der Waals surface area contributed by atoms with Gasteiger partial charge in [-0.2, -0.15) is 5.10 Å². The van der Waals surface area contributed by atoms with Gasteiger partial charge in [-0.1, -0.05) is 24.3 Å². The van der Waals surface area contributed by atoms with Crippen LogP contribution < -0.4 is 0 Å². The summed E-state index contributed by atoms with van der Waals surface area (Å²) in [6.07, 6.45) is 11.0. The van der Waals surface area contributed by atoms with Crippen molar-refractivity contribution in [3.63, 3.8) is 0 Å². The number of hydrogen-bond acceptors (Lipinski definition) is 3. The first kappa shape index (κ1) is 11.4. The predicted molar refractivity (Wildman–Crippen MR) is 73.6 cm³/mol. The normalized spacial score (nSPS) is 39.8. The van der Waals surface area contributed by atoms with E-state index in [1.807, 2.05) is 0 Å². The summed E-state index contributed by atoms with van der Waals surface area (Å²) in [6.45, 7) is 3.96. The van der Waals surface area contributed by atoms with E-state index in [0.29, 0.717) is 17.9 Å². The van der Waals surface area contributed by atoms with Crippen molar-refractivity contribution in [3.8, 4) is 0 Å². The summed E-state index contributed by atoms with van der Waals surface area (Å²) in [7, 11) is 0. The molecule has 0 aromatic rings. The van der Waals surface area contributed by atoms with E-state index in [9.17, 15) is 4.79 Å². The van der Waals surface area contributed by atoms with E-state index in [-0.39, 0.29) is 11.9 Å². The van der Waals surface area contributed by atoms with Gasteiger partial charge in [-0.15, -0.1) is 0 Å². The average molecular weight is 257 g/mol. The summed E-state index contributed by atoms with van der Waals surface area (Å²) in [5.41, 5.74) is 1.27. The topological polar surface area (TPSA) is 35.9 Å². The Morgan fingerprint density at radius 2 is 1.95 bits per heavy atom. The zero-order chi connectivity index (χ0) is 13.0. The molecule has 4 heterocycles. The maximum Gasteiger partial charge on any atom is 0.239 e. The Bertz CT molecular complexity index is 488. The van der Waals surface area contributed by atoms with Crippen molar-refractivity contribution in [1.82, 2.24) is 9.91 Å². The smallest absolute Gasteiger partial charge is 0.239 e. The molecule has 4 heteroatoms. The molecule has 3 fully saturated rings. The Balaban J connectivity index is 1.74. The largest absolute Gasteiger partial charge is 0.293 e. The fourth-order valence-electron chi connectivity index (χ4n) is 4.09. The van der Waals surface area contributed by atoms with Gasteiger partial charge in [0.25, 0.3) is 0 Å². The van der Waals surface area contributed by atoms with Gasteiger partial charge in [-0.3, -0.25) is 9.69 Å². The summed E-state index contributed by atoms with van der Waals surface area (Å²) >= 11 is 0. The van der Waals surface area contributed by atoms with Crippen LogP contribution in [0.15, 0.2) is 29.4 Å². The van der Waals surface area contributed by atoms with Crippen molar-refractivity contribution in [3.05, 3.63) is 24.3 Å². The van der Waals surface area contributed by atoms with E-state index in [1.165, 1.54) is 18.6 Å². The van der Waals surface area contributed by atoms with Gasteiger partial charge < -0.3 is 0 Å². The minimum absolute atomic E-state index is 0.0706. The molecule has 0 N–H and O–H groups in total. The molecule has 1 aliphatic carbocycles. The van der Waals surface area contributed by atoms with E-state index in [0.717, 1.165) is 13.1 Å². The molecular formula is C15H19N3O. The van der Waals surface area contributed by atoms with Gasteiger partial charge in [-0.25, -0.2) is 5.01 Å². The Morgan fingerprint density at radius 1 is 1.26 bits per heavy atom. The number of piperidine rings is 3. The minimum atomic E-state index is 0.0706. The molecule has 3 saturated heterocycles. The fourth-order valence-corrected chi connectivity index (χ4v) is 4.09. The molecule has 0 saturated carbocycles. The fraction of sp³-hybridized carbons (Fsp3) is 0.600. The number of amides is 1. The van der Waals surface area contributed by atoms with Crippen LogP contribution in [-0.2, 0) is 4.79 Å². The molecule has 2 unspecified atom stereocenters. The molecule has 5 aliphatic rings. The number of carbonyl (C=O) groups is 1. The van der Waals surface area contributed by atoms with Crippen LogP contribution in [0.2, 0.25) is 0 Å². The van der Waals surface area contributed by atoms with Crippen LogP contribution >= 0.6 is 0 Å². The Labute approximate surface area is 113 Å². The number of nitrogens with zero attached hydrogens (tertiary/aromatic N) is 3. The second-order valence-electron chi connectivity index (χ2n) is 5.98. The second kappa shape index (κ2) is 4.04. The molecule has 19 heavy (non-hydrogen) atoms. The van der Waals surface area contributed by atoms with Gasteiger partial charge in [-0.05, 0) is 25.9 Å². The van der Waals surface area contributed by atoms with E-state index in [2.05, 4.69) is 29.2 Å². The molecular weight excluding hydrogens is 238 g/mol. The lowest BCUT2D eigenvalue weighted by molar-refractivity contribution is -0.131. The van der Waals surface area contributed by atoms with Crippen LogP contribution in [0, 0.1) is 11.8 Å². The average Bonchev–Trinajstić information content (AvgIpc) is 3.07. The van der Waals surface area contributed by atoms with Crippen molar-refractivity contribution in [2.24, 2.45) is 16.9 Å². The molecule has 4 aliphatic heterocycles. The SMILES string of the molecule is CC(=O)N1N=C2C3CCN(CC3)C2C1C1C=CC=C1. The Morgan fingerprint density at radius 3 is 2.58 bits per heavy atom. The van der Waals surface area contributed by atoms with Crippen LogP contribution in [0.25, 0.3) is 0 Å². The highest BCUT2D eigenvalue weighted by Crippen LogP contribution is 2.40. The maximum atomic E-state index is 11.9. The standard InChI is InChI=1S/C15H19N3O/c1-10(19)18-14(12-4-2-3-5-12)15-13(16-18)11-6-8-17(15)9-7-11/h2-5,11-12,14-15H,6-9H2,1H3. The lowest BCUT2D eigenvalue weighted by Gasteiger charge is -2.46. The molecule has 0 radical (unpaired) electrons. The molecule has 0 aromatic carbocycles. The summed E-state index contributed by atoms with van der Waals surface area (Å²) in [4.78, 5) is 14.5. The van der Waals surface area contributed by atoms with Gasteiger partial charge >= 0.3 is 0 Å². The van der Waals surface area contributed by atoms with Gasteiger partial charge in [0.1, 0.15) is 0 Å². The summed E-state index contributed by atoms with van der Waals surface area (Å²) < 4.78 is 0. The number of allylic oxidation sites excluding steroid dienone is 2. The Hall–Kier alpha value is -1.42. The predicted octanol–water partition coefficient (Wildman–Crippen LogP) is 1.41. The van der Waals surface area contributed by atoms with Gasteiger partial charge in [0.2, 0.25) is 5.91 Å². The molecule has 1 amide bonds. The Kier molecular flexibility index (Phi) is 2.42. The molecule has 5 rings (SSSR count). The third-order valence-corrected chi connectivity index (χ3v) is 4.97. The summed E-state index contributed by atoms with van der Waals surface area (Å²) in [5, 5.41) is 6.46. The lowest BCUT2D eigenvalue weighted by atomic mass is 9.77. The number of carbonyl (C=O) groups excluding carboxylic acids is 1. The number of hydrazone groups is 1.